The second-order valence-electron chi connectivity index (χ2n) is 4.20. The minimum Gasteiger partial charge on any atom is -0.493 e. The molecule has 0 bridgehead atoms. The summed E-state index contributed by atoms with van der Waals surface area (Å²) in [5.74, 6) is 0.186. The number of halogens is 3. The molecule has 2 aromatic rings. The normalized spacial score (nSPS) is 10.3. The summed E-state index contributed by atoms with van der Waals surface area (Å²) in [6.45, 7) is 0. The van der Waals surface area contributed by atoms with Crippen LogP contribution in [0, 0.1) is 0 Å². The molecular formula is C14H11Br2ClN2O2. The average molecular weight is 435 g/mol. The second-order valence-corrected chi connectivity index (χ2v) is 6.40. The third kappa shape index (κ3) is 3.90. The van der Waals surface area contributed by atoms with E-state index in [1.807, 2.05) is 0 Å². The van der Waals surface area contributed by atoms with Gasteiger partial charge >= 0.3 is 0 Å². The van der Waals surface area contributed by atoms with E-state index in [1.165, 1.54) is 7.11 Å². The molecule has 0 aliphatic carbocycles. The number of hydrogen-bond donors (Lipinski definition) is 2. The fourth-order valence-electron chi connectivity index (χ4n) is 1.80. The maximum Gasteiger partial charge on any atom is 0.255 e. The number of carbonyl (C=O) groups is 1. The summed E-state index contributed by atoms with van der Waals surface area (Å²) < 4.78 is 6.64. The Morgan fingerprint density at radius 3 is 2.57 bits per heavy atom. The Kier molecular flexibility index (Phi) is 5.13. The van der Waals surface area contributed by atoms with Gasteiger partial charge in [0.05, 0.1) is 17.3 Å². The number of nitrogen functional groups attached to an aromatic ring is 1. The Bertz CT molecular complexity index is 687. The number of amides is 1. The van der Waals surface area contributed by atoms with Crippen LogP contribution in [0.2, 0.25) is 5.02 Å². The molecule has 110 valence electrons. The first-order valence-corrected chi connectivity index (χ1v) is 7.77. The number of nitrogens with two attached hydrogens (primary N) is 1. The molecule has 0 atom stereocenters. The van der Waals surface area contributed by atoms with E-state index in [1.54, 1.807) is 30.3 Å². The highest BCUT2D eigenvalue weighted by molar-refractivity contribution is 9.10. The van der Waals surface area contributed by atoms with Crippen LogP contribution in [0.3, 0.4) is 0 Å². The third-order valence-electron chi connectivity index (χ3n) is 2.64. The van der Waals surface area contributed by atoms with Crippen LogP contribution >= 0.6 is 43.5 Å². The standard InChI is InChI=1S/C14H11Br2ClN2O2/c1-21-13-11(16)5-9(17)6-12(13)19-14(20)7-2-8(15)4-10(18)3-7/h2-6H,18H2,1H3,(H,19,20). The molecule has 0 fully saturated rings. The molecule has 0 saturated heterocycles. The smallest absolute Gasteiger partial charge is 0.255 e. The number of rotatable bonds is 3. The molecule has 0 aromatic heterocycles. The molecule has 1 amide bonds. The lowest BCUT2D eigenvalue weighted by molar-refractivity contribution is 0.102. The quantitative estimate of drug-likeness (QED) is 0.688. The molecule has 2 aromatic carbocycles. The molecule has 0 spiro atoms. The van der Waals surface area contributed by atoms with Gasteiger partial charge in [0.2, 0.25) is 0 Å². The number of ether oxygens (including phenoxy) is 1. The van der Waals surface area contributed by atoms with Crippen LogP contribution < -0.4 is 15.8 Å². The van der Waals surface area contributed by atoms with Crippen molar-refractivity contribution in [2.24, 2.45) is 0 Å². The van der Waals surface area contributed by atoms with Gasteiger partial charge in [-0.05, 0) is 46.3 Å². The van der Waals surface area contributed by atoms with E-state index >= 15 is 0 Å². The Balaban J connectivity index is 2.35. The number of carbonyl (C=O) groups excluding carboxylic acids is 1. The fraction of sp³-hybridized carbons (Fsp3) is 0.0714. The van der Waals surface area contributed by atoms with Gasteiger partial charge < -0.3 is 15.8 Å². The van der Waals surface area contributed by atoms with E-state index in [-0.39, 0.29) is 5.91 Å². The highest BCUT2D eigenvalue weighted by Crippen LogP contribution is 2.36. The van der Waals surface area contributed by atoms with Crippen molar-refractivity contribution in [3.8, 4) is 5.75 Å². The van der Waals surface area contributed by atoms with Crippen LogP contribution in [0.5, 0.6) is 5.75 Å². The Morgan fingerprint density at radius 2 is 1.95 bits per heavy atom. The van der Waals surface area contributed by atoms with Gasteiger partial charge in [0.15, 0.2) is 5.75 Å². The van der Waals surface area contributed by atoms with Crippen molar-refractivity contribution in [3.63, 3.8) is 0 Å². The SMILES string of the molecule is COc1c(Br)cc(Cl)cc1NC(=O)c1cc(N)cc(Br)c1. The summed E-state index contributed by atoms with van der Waals surface area (Å²) in [5.41, 5.74) is 7.13. The number of methoxy groups -OCH3 is 1. The van der Waals surface area contributed by atoms with Crippen molar-refractivity contribution in [2.75, 3.05) is 18.2 Å². The third-order valence-corrected chi connectivity index (χ3v) is 3.91. The average Bonchev–Trinajstić information content (AvgIpc) is 2.37. The number of nitrogens with one attached hydrogen (secondary N) is 1. The van der Waals surface area contributed by atoms with Gasteiger partial charge in [-0.25, -0.2) is 0 Å². The molecule has 3 N–H and O–H groups in total. The fourth-order valence-corrected chi connectivity index (χ4v) is 3.28. The zero-order chi connectivity index (χ0) is 15.6. The van der Waals surface area contributed by atoms with Gasteiger partial charge in [-0.1, -0.05) is 27.5 Å². The van der Waals surface area contributed by atoms with Crippen LogP contribution in [0.25, 0.3) is 0 Å². The lowest BCUT2D eigenvalue weighted by Gasteiger charge is -2.13. The van der Waals surface area contributed by atoms with Gasteiger partial charge in [-0.15, -0.1) is 0 Å². The van der Waals surface area contributed by atoms with Crippen LogP contribution in [-0.4, -0.2) is 13.0 Å². The van der Waals surface area contributed by atoms with Crippen molar-refractivity contribution in [3.05, 3.63) is 49.9 Å². The number of benzene rings is 2. The van der Waals surface area contributed by atoms with Crippen molar-refractivity contribution in [1.29, 1.82) is 0 Å². The lowest BCUT2D eigenvalue weighted by Crippen LogP contribution is -2.13. The predicted molar refractivity (Wildman–Crippen MR) is 92.2 cm³/mol. The highest BCUT2D eigenvalue weighted by atomic mass is 79.9. The number of hydrogen-bond acceptors (Lipinski definition) is 3. The monoisotopic (exact) mass is 432 g/mol. The first kappa shape index (κ1) is 16.1. The van der Waals surface area contributed by atoms with Crippen molar-refractivity contribution < 1.29 is 9.53 Å². The molecule has 0 aliphatic rings. The summed E-state index contributed by atoms with van der Waals surface area (Å²) in [6.07, 6.45) is 0. The van der Waals surface area contributed by atoms with E-state index < -0.39 is 0 Å². The maximum absolute atomic E-state index is 12.3. The number of anilines is 2. The van der Waals surface area contributed by atoms with Crippen LogP contribution in [0.15, 0.2) is 39.3 Å². The van der Waals surface area contributed by atoms with Crippen molar-refractivity contribution >= 4 is 60.7 Å². The summed E-state index contributed by atoms with van der Waals surface area (Å²) in [4.78, 5) is 12.3. The van der Waals surface area contributed by atoms with Crippen molar-refractivity contribution in [2.45, 2.75) is 0 Å². The van der Waals surface area contributed by atoms with Gasteiger partial charge in [-0.3, -0.25) is 4.79 Å². The highest BCUT2D eigenvalue weighted by Gasteiger charge is 2.14. The topological polar surface area (TPSA) is 64.3 Å². The second kappa shape index (κ2) is 6.68. The molecule has 0 heterocycles. The van der Waals surface area contributed by atoms with E-state index in [9.17, 15) is 4.79 Å². The molecule has 4 nitrogen and oxygen atoms in total. The zero-order valence-corrected chi connectivity index (χ0v) is 14.8. The molecule has 0 radical (unpaired) electrons. The lowest BCUT2D eigenvalue weighted by atomic mass is 10.2. The van der Waals surface area contributed by atoms with Gasteiger partial charge in [-0.2, -0.15) is 0 Å². The largest absolute Gasteiger partial charge is 0.493 e. The first-order chi connectivity index (χ1) is 9.90. The molecule has 2 rings (SSSR count). The molecule has 0 aliphatic heterocycles. The summed E-state index contributed by atoms with van der Waals surface area (Å²) in [7, 11) is 1.51. The maximum atomic E-state index is 12.3. The molecule has 0 unspecified atom stereocenters. The van der Waals surface area contributed by atoms with Crippen LogP contribution in [-0.2, 0) is 0 Å². The zero-order valence-electron chi connectivity index (χ0n) is 10.9. The van der Waals surface area contributed by atoms with Gasteiger partial charge in [0.1, 0.15) is 0 Å². The minimum atomic E-state index is -0.310. The van der Waals surface area contributed by atoms with Gasteiger partial charge in [0.25, 0.3) is 5.91 Å². The van der Waals surface area contributed by atoms with Crippen molar-refractivity contribution in [1.82, 2.24) is 0 Å². The van der Waals surface area contributed by atoms with Crippen LogP contribution in [0.4, 0.5) is 11.4 Å². The summed E-state index contributed by atoms with van der Waals surface area (Å²) in [5, 5.41) is 3.24. The molecule has 7 heteroatoms. The first-order valence-electron chi connectivity index (χ1n) is 5.81. The molecule has 21 heavy (non-hydrogen) atoms. The molecular weight excluding hydrogens is 423 g/mol. The minimum absolute atomic E-state index is 0.310. The van der Waals surface area contributed by atoms with Gasteiger partial charge in [0, 0.05) is 20.7 Å². The summed E-state index contributed by atoms with van der Waals surface area (Å²) >= 11 is 12.6. The Morgan fingerprint density at radius 1 is 1.24 bits per heavy atom. The van der Waals surface area contributed by atoms with E-state index in [0.717, 1.165) is 4.47 Å². The van der Waals surface area contributed by atoms with E-state index in [2.05, 4.69) is 37.2 Å². The predicted octanol–water partition coefficient (Wildman–Crippen LogP) is 4.71. The van der Waals surface area contributed by atoms with E-state index in [4.69, 9.17) is 22.1 Å². The van der Waals surface area contributed by atoms with Crippen LogP contribution in [0.1, 0.15) is 10.4 Å². The Hall–Kier alpha value is -1.24. The summed E-state index contributed by atoms with van der Waals surface area (Å²) in [6, 6.07) is 8.29. The van der Waals surface area contributed by atoms with E-state index in [0.29, 0.717) is 32.2 Å². The Labute approximate surface area is 143 Å². The molecule has 0 saturated carbocycles.